The fourth-order valence-electron chi connectivity index (χ4n) is 1.83. The van der Waals surface area contributed by atoms with Gasteiger partial charge < -0.3 is 10.2 Å². The maximum absolute atomic E-state index is 4.55. The number of nitrogens with zero attached hydrogens (tertiary/aromatic N) is 3. The Labute approximate surface area is 104 Å². The molecule has 0 saturated carbocycles. The molecule has 0 aliphatic carbocycles. The Hall–Kier alpha value is -1.16. The molecule has 0 radical (unpaired) electrons. The molecule has 4 heteroatoms. The summed E-state index contributed by atoms with van der Waals surface area (Å²) in [7, 11) is 2.09. The maximum atomic E-state index is 4.55. The highest BCUT2D eigenvalue weighted by Crippen LogP contribution is 2.16. The van der Waals surface area contributed by atoms with Crippen molar-refractivity contribution < 1.29 is 0 Å². The van der Waals surface area contributed by atoms with E-state index in [1.807, 2.05) is 13.1 Å². The van der Waals surface area contributed by atoms with E-state index in [1.54, 1.807) is 0 Å². The third kappa shape index (κ3) is 4.30. The minimum Gasteiger partial charge on any atom is -0.359 e. The van der Waals surface area contributed by atoms with E-state index in [4.69, 9.17) is 0 Å². The van der Waals surface area contributed by atoms with Crippen LogP contribution in [0.15, 0.2) is 6.20 Å². The molecule has 1 aromatic heterocycles. The molecular formula is C13H24N4. The lowest BCUT2D eigenvalue weighted by Gasteiger charge is -2.23. The molecule has 1 N–H and O–H groups in total. The van der Waals surface area contributed by atoms with Crippen LogP contribution in [0.1, 0.15) is 32.2 Å². The molecule has 96 valence electrons. The van der Waals surface area contributed by atoms with Crippen molar-refractivity contribution in [2.45, 2.75) is 34.2 Å². The highest BCUT2D eigenvalue weighted by atomic mass is 15.2. The molecule has 0 saturated heterocycles. The molecule has 0 aliphatic rings. The monoisotopic (exact) mass is 236 g/mol. The molecule has 0 unspecified atom stereocenters. The van der Waals surface area contributed by atoms with Gasteiger partial charge in [0.05, 0.1) is 0 Å². The zero-order valence-corrected chi connectivity index (χ0v) is 11.6. The van der Waals surface area contributed by atoms with Crippen LogP contribution in [0.5, 0.6) is 0 Å². The summed E-state index contributed by atoms with van der Waals surface area (Å²) in [5, 5.41) is 3.33. The molecule has 0 bridgehead atoms. The fourth-order valence-corrected chi connectivity index (χ4v) is 1.83. The fraction of sp³-hybridized carbons (Fsp3) is 0.692. The van der Waals surface area contributed by atoms with Gasteiger partial charge in [0.15, 0.2) is 0 Å². The zero-order chi connectivity index (χ0) is 12.8. The van der Waals surface area contributed by atoms with Crippen LogP contribution in [0.4, 0.5) is 5.82 Å². The minimum atomic E-state index is 0.627. The summed E-state index contributed by atoms with van der Waals surface area (Å²) in [6, 6.07) is 0. The van der Waals surface area contributed by atoms with Crippen LogP contribution in [0.3, 0.4) is 0 Å². The average Bonchev–Trinajstić information content (AvgIpc) is 2.26. The van der Waals surface area contributed by atoms with Crippen molar-refractivity contribution in [3.63, 3.8) is 0 Å². The van der Waals surface area contributed by atoms with Gasteiger partial charge in [0.1, 0.15) is 11.6 Å². The summed E-state index contributed by atoms with van der Waals surface area (Å²) in [6.45, 7) is 11.3. The van der Waals surface area contributed by atoms with Crippen LogP contribution in [-0.2, 0) is 6.54 Å². The number of nitrogens with one attached hydrogen (secondary N) is 1. The molecule has 0 spiro atoms. The zero-order valence-electron chi connectivity index (χ0n) is 11.6. The minimum absolute atomic E-state index is 0.627. The molecule has 0 fully saturated rings. The molecule has 4 nitrogen and oxygen atoms in total. The number of rotatable bonds is 6. The van der Waals surface area contributed by atoms with Gasteiger partial charge in [-0.1, -0.05) is 20.8 Å². The maximum Gasteiger partial charge on any atom is 0.136 e. The second-order valence-corrected chi connectivity index (χ2v) is 4.82. The van der Waals surface area contributed by atoms with Crippen molar-refractivity contribution in [3.8, 4) is 0 Å². The van der Waals surface area contributed by atoms with E-state index >= 15 is 0 Å². The number of aryl methyl sites for hydroxylation is 1. The molecule has 1 aromatic rings. The summed E-state index contributed by atoms with van der Waals surface area (Å²) < 4.78 is 0. The Bertz CT molecular complexity index is 349. The van der Waals surface area contributed by atoms with Gasteiger partial charge in [-0.3, -0.25) is 0 Å². The lowest BCUT2D eigenvalue weighted by Crippen LogP contribution is -2.26. The van der Waals surface area contributed by atoms with Gasteiger partial charge in [-0.15, -0.1) is 0 Å². The second-order valence-electron chi connectivity index (χ2n) is 4.82. The molecule has 0 aromatic carbocycles. The Balaban J connectivity index is 2.89. The molecule has 1 rings (SSSR count). The van der Waals surface area contributed by atoms with Crippen LogP contribution in [0.25, 0.3) is 0 Å². The summed E-state index contributed by atoms with van der Waals surface area (Å²) >= 11 is 0. The van der Waals surface area contributed by atoms with Gasteiger partial charge in [0.2, 0.25) is 0 Å². The van der Waals surface area contributed by atoms with Crippen molar-refractivity contribution >= 4 is 5.82 Å². The SMILES string of the molecule is CCNCc1cnc(C)nc1N(C)CC(C)C. The van der Waals surface area contributed by atoms with E-state index < -0.39 is 0 Å². The first-order chi connectivity index (χ1) is 8.04. The van der Waals surface area contributed by atoms with Crippen molar-refractivity contribution in [1.82, 2.24) is 15.3 Å². The number of aromatic nitrogens is 2. The van der Waals surface area contributed by atoms with Crippen molar-refractivity contribution in [2.24, 2.45) is 5.92 Å². The first-order valence-electron chi connectivity index (χ1n) is 6.29. The van der Waals surface area contributed by atoms with Crippen LogP contribution in [0, 0.1) is 12.8 Å². The number of hydrogen-bond acceptors (Lipinski definition) is 4. The first-order valence-corrected chi connectivity index (χ1v) is 6.29. The van der Waals surface area contributed by atoms with Gasteiger partial charge in [-0.25, -0.2) is 9.97 Å². The molecule has 1 heterocycles. The highest BCUT2D eigenvalue weighted by Gasteiger charge is 2.11. The third-order valence-corrected chi connectivity index (χ3v) is 2.53. The first kappa shape index (κ1) is 13.9. The van der Waals surface area contributed by atoms with E-state index in [1.165, 1.54) is 5.56 Å². The van der Waals surface area contributed by atoms with Crippen LogP contribution in [-0.4, -0.2) is 30.1 Å². The molecule has 0 atom stereocenters. The van der Waals surface area contributed by atoms with Gasteiger partial charge in [-0.2, -0.15) is 0 Å². The quantitative estimate of drug-likeness (QED) is 0.820. The smallest absolute Gasteiger partial charge is 0.136 e. The van der Waals surface area contributed by atoms with Gasteiger partial charge in [0.25, 0.3) is 0 Å². The van der Waals surface area contributed by atoms with E-state index in [0.29, 0.717) is 5.92 Å². The third-order valence-electron chi connectivity index (χ3n) is 2.53. The standard InChI is InChI=1S/C13H24N4/c1-6-14-7-12-8-15-11(4)16-13(12)17(5)9-10(2)3/h8,10,14H,6-7,9H2,1-5H3. The molecular weight excluding hydrogens is 212 g/mol. The van der Waals surface area contributed by atoms with Gasteiger partial charge in [-0.05, 0) is 19.4 Å². The summed E-state index contributed by atoms with van der Waals surface area (Å²) in [6.07, 6.45) is 1.93. The molecule has 17 heavy (non-hydrogen) atoms. The van der Waals surface area contributed by atoms with E-state index in [-0.39, 0.29) is 0 Å². The summed E-state index contributed by atoms with van der Waals surface area (Å²) in [4.78, 5) is 11.0. The average molecular weight is 236 g/mol. The Morgan fingerprint density at radius 1 is 1.41 bits per heavy atom. The van der Waals surface area contributed by atoms with Crippen LogP contribution >= 0.6 is 0 Å². The lowest BCUT2D eigenvalue weighted by atomic mass is 10.2. The second kappa shape index (κ2) is 6.55. The normalized spacial score (nSPS) is 10.9. The Morgan fingerprint density at radius 3 is 2.71 bits per heavy atom. The largest absolute Gasteiger partial charge is 0.359 e. The summed E-state index contributed by atoms with van der Waals surface area (Å²) in [5.41, 5.74) is 1.17. The molecule has 0 amide bonds. The number of hydrogen-bond donors (Lipinski definition) is 1. The van der Waals surface area contributed by atoms with Crippen LogP contribution < -0.4 is 10.2 Å². The van der Waals surface area contributed by atoms with E-state index in [0.717, 1.165) is 31.3 Å². The van der Waals surface area contributed by atoms with Crippen molar-refractivity contribution in [2.75, 3.05) is 25.0 Å². The van der Waals surface area contributed by atoms with E-state index in [2.05, 4.69) is 48.0 Å². The van der Waals surface area contributed by atoms with Gasteiger partial charge in [0, 0.05) is 31.9 Å². The predicted molar refractivity (Wildman–Crippen MR) is 72.3 cm³/mol. The summed E-state index contributed by atoms with van der Waals surface area (Å²) in [5.74, 6) is 2.50. The van der Waals surface area contributed by atoms with Crippen LogP contribution in [0.2, 0.25) is 0 Å². The highest BCUT2D eigenvalue weighted by molar-refractivity contribution is 5.45. The van der Waals surface area contributed by atoms with Crippen molar-refractivity contribution in [3.05, 3.63) is 17.6 Å². The lowest BCUT2D eigenvalue weighted by molar-refractivity contribution is 0.628. The van der Waals surface area contributed by atoms with Crippen molar-refractivity contribution in [1.29, 1.82) is 0 Å². The number of anilines is 1. The molecule has 0 aliphatic heterocycles. The Morgan fingerprint density at radius 2 is 2.12 bits per heavy atom. The Kier molecular flexibility index (Phi) is 5.35. The predicted octanol–water partition coefficient (Wildman–Crippen LogP) is 1.99. The van der Waals surface area contributed by atoms with Gasteiger partial charge >= 0.3 is 0 Å². The topological polar surface area (TPSA) is 41.1 Å². The van der Waals surface area contributed by atoms with E-state index in [9.17, 15) is 0 Å².